The summed E-state index contributed by atoms with van der Waals surface area (Å²) in [5.74, 6) is 0.695. The van der Waals surface area contributed by atoms with E-state index in [4.69, 9.17) is 27.9 Å². The molecule has 1 aliphatic heterocycles. The van der Waals surface area contributed by atoms with Crippen molar-refractivity contribution in [2.45, 2.75) is 44.6 Å². The molecule has 3 rings (SSSR count). The number of nitrogens with one attached hydrogen (secondary N) is 1. The lowest BCUT2D eigenvalue weighted by Gasteiger charge is -2.32. The molecule has 0 saturated carbocycles. The average molecular weight is 539 g/mol. The lowest BCUT2D eigenvalue weighted by Crippen LogP contribution is -2.44. The van der Waals surface area contributed by atoms with Crippen LogP contribution in [0, 0.1) is 11.3 Å². The summed E-state index contributed by atoms with van der Waals surface area (Å²) in [4.78, 5) is 2.39. The summed E-state index contributed by atoms with van der Waals surface area (Å²) < 4.78 is 31.1. The molecule has 0 aliphatic carbocycles. The van der Waals surface area contributed by atoms with Crippen LogP contribution in [-0.4, -0.2) is 57.7 Å². The van der Waals surface area contributed by atoms with Crippen molar-refractivity contribution in [2.75, 3.05) is 38.4 Å². The molecule has 0 aromatic heterocycles. The van der Waals surface area contributed by atoms with Crippen LogP contribution in [-0.2, 0) is 21.9 Å². The largest absolute Gasteiger partial charge is 0.489 e. The fourth-order valence-electron chi connectivity index (χ4n) is 4.44. The van der Waals surface area contributed by atoms with Crippen molar-refractivity contribution >= 4 is 33.2 Å². The molecule has 2 aromatic rings. The Hall–Kier alpha value is -1.82. The van der Waals surface area contributed by atoms with Gasteiger partial charge in [0.1, 0.15) is 12.7 Å². The summed E-state index contributed by atoms with van der Waals surface area (Å²) in [7, 11) is -3.15. The standard InChI is InChI=1S/C26H33Cl2N3O3S/c1-26(2,22-16-20(18-29)25(24(28)17-22)34-15-11-27)21-6-4-19(5-7-21)8-12-31-13-9-23(10-14-31)30-35(3,32)33/h4-7,16-17,23,30H,8-15H2,1-3H3. The first-order chi connectivity index (χ1) is 16.5. The number of nitriles is 1. The maximum Gasteiger partial charge on any atom is 0.208 e. The van der Waals surface area contributed by atoms with E-state index in [0.717, 1.165) is 50.0 Å². The lowest BCUT2D eigenvalue weighted by atomic mass is 9.77. The van der Waals surface area contributed by atoms with Gasteiger partial charge in [-0.2, -0.15) is 5.26 Å². The first kappa shape index (κ1) is 27.8. The maximum atomic E-state index is 11.4. The minimum Gasteiger partial charge on any atom is -0.489 e. The normalized spacial score (nSPS) is 15.7. The number of likely N-dealkylation sites (tertiary alicyclic amines) is 1. The zero-order valence-electron chi connectivity index (χ0n) is 20.5. The van der Waals surface area contributed by atoms with Gasteiger partial charge in [-0.1, -0.05) is 49.7 Å². The van der Waals surface area contributed by atoms with E-state index in [0.29, 0.717) is 22.2 Å². The number of benzene rings is 2. The van der Waals surface area contributed by atoms with Crippen LogP contribution in [0.15, 0.2) is 36.4 Å². The van der Waals surface area contributed by atoms with Crippen molar-refractivity contribution in [3.63, 3.8) is 0 Å². The topological polar surface area (TPSA) is 82.4 Å². The molecule has 0 bridgehead atoms. The summed E-state index contributed by atoms with van der Waals surface area (Å²) in [6.07, 6.45) is 3.82. The van der Waals surface area contributed by atoms with Gasteiger partial charge in [-0.3, -0.25) is 0 Å². The molecule has 1 heterocycles. The highest BCUT2D eigenvalue weighted by Gasteiger charge is 2.26. The van der Waals surface area contributed by atoms with Gasteiger partial charge in [-0.25, -0.2) is 13.1 Å². The van der Waals surface area contributed by atoms with Crippen molar-refractivity contribution < 1.29 is 13.2 Å². The zero-order chi connectivity index (χ0) is 25.6. The van der Waals surface area contributed by atoms with E-state index < -0.39 is 10.0 Å². The fraction of sp³-hybridized carbons (Fsp3) is 0.500. The highest BCUT2D eigenvalue weighted by atomic mass is 35.5. The van der Waals surface area contributed by atoms with Crippen LogP contribution >= 0.6 is 23.2 Å². The highest BCUT2D eigenvalue weighted by molar-refractivity contribution is 7.88. The quantitative estimate of drug-likeness (QED) is 0.443. The molecule has 0 unspecified atom stereocenters. The number of rotatable bonds is 10. The molecule has 1 saturated heterocycles. The van der Waals surface area contributed by atoms with Crippen molar-refractivity contribution in [2.24, 2.45) is 0 Å². The van der Waals surface area contributed by atoms with E-state index in [1.807, 2.05) is 12.1 Å². The van der Waals surface area contributed by atoms with Gasteiger partial charge >= 0.3 is 0 Å². The Morgan fingerprint density at radius 3 is 2.40 bits per heavy atom. The molecule has 9 heteroatoms. The third kappa shape index (κ3) is 7.58. The van der Waals surface area contributed by atoms with Gasteiger partial charge in [0, 0.05) is 18.0 Å². The molecule has 190 valence electrons. The van der Waals surface area contributed by atoms with Crippen molar-refractivity contribution in [1.82, 2.24) is 9.62 Å². The van der Waals surface area contributed by atoms with Crippen LogP contribution in [0.25, 0.3) is 0 Å². The van der Waals surface area contributed by atoms with Gasteiger partial charge in [-0.05, 0) is 61.2 Å². The molecule has 2 aromatic carbocycles. The van der Waals surface area contributed by atoms with Gasteiger partial charge in [0.15, 0.2) is 5.75 Å². The van der Waals surface area contributed by atoms with E-state index in [2.05, 4.69) is 53.8 Å². The molecule has 1 aliphatic rings. The van der Waals surface area contributed by atoms with Gasteiger partial charge in [0.05, 0.1) is 22.7 Å². The number of hydrogen-bond acceptors (Lipinski definition) is 5. The Balaban J connectivity index is 1.63. The highest BCUT2D eigenvalue weighted by Crippen LogP contribution is 2.38. The Kier molecular flexibility index (Phi) is 9.47. The SMILES string of the molecule is CC(C)(c1ccc(CCN2CCC(NS(C)(=O)=O)CC2)cc1)c1cc(Cl)c(OCCCl)c(C#N)c1. The smallest absolute Gasteiger partial charge is 0.208 e. The third-order valence-electron chi connectivity index (χ3n) is 6.57. The second-order valence-corrected chi connectivity index (χ2v) is 12.1. The number of sulfonamides is 1. The van der Waals surface area contributed by atoms with Gasteiger partial charge in [0.25, 0.3) is 0 Å². The average Bonchev–Trinajstić information content (AvgIpc) is 2.81. The Morgan fingerprint density at radius 1 is 1.17 bits per heavy atom. The molecular formula is C26H33Cl2N3O3S. The number of piperidine rings is 1. The van der Waals surface area contributed by atoms with Crippen molar-refractivity contribution in [1.29, 1.82) is 5.26 Å². The van der Waals surface area contributed by atoms with Crippen LogP contribution in [0.2, 0.25) is 5.02 Å². The number of ether oxygens (including phenoxy) is 1. The van der Waals surface area contributed by atoms with Gasteiger partial charge in [-0.15, -0.1) is 11.6 Å². The molecule has 0 spiro atoms. The van der Waals surface area contributed by atoms with Gasteiger partial charge < -0.3 is 9.64 Å². The van der Waals surface area contributed by atoms with E-state index in [-0.39, 0.29) is 18.1 Å². The van der Waals surface area contributed by atoms with Crippen LogP contribution in [0.5, 0.6) is 5.75 Å². The minimum atomic E-state index is -3.15. The Morgan fingerprint density at radius 2 is 1.83 bits per heavy atom. The third-order valence-corrected chi connectivity index (χ3v) is 7.77. The number of hydrogen-bond donors (Lipinski definition) is 1. The van der Waals surface area contributed by atoms with Crippen molar-refractivity contribution in [3.8, 4) is 11.8 Å². The molecular weight excluding hydrogens is 505 g/mol. The first-order valence-electron chi connectivity index (χ1n) is 11.8. The first-order valence-corrected chi connectivity index (χ1v) is 14.6. The van der Waals surface area contributed by atoms with E-state index in [9.17, 15) is 13.7 Å². The van der Waals surface area contributed by atoms with Crippen LogP contribution in [0.3, 0.4) is 0 Å². The van der Waals surface area contributed by atoms with Crippen LogP contribution < -0.4 is 9.46 Å². The summed E-state index contributed by atoms with van der Waals surface area (Å²) >= 11 is 12.2. The molecule has 35 heavy (non-hydrogen) atoms. The second kappa shape index (κ2) is 11.9. The summed E-state index contributed by atoms with van der Waals surface area (Å²) in [5.41, 5.74) is 3.37. The molecule has 1 fully saturated rings. The van der Waals surface area contributed by atoms with E-state index in [1.54, 1.807) is 0 Å². The second-order valence-electron chi connectivity index (χ2n) is 9.56. The lowest BCUT2D eigenvalue weighted by molar-refractivity contribution is 0.209. The van der Waals surface area contributed by atoms with Crippen molar-refractivity contribution in [3.05, 3.63) is 63.7 Å². The minimum absolute atomic E-state index is 0.0405. The number of halogens is 2. The summed E-state index contributed by atoms with van der Waals surface area (Å²) in [5, 5.41) is 10.0. The molecule has 6 nitrogen and oxygen atoms in total. The Bertz CT molecular complexity index is 1150. The number of alkyl halides is 1. The zero-order valence-corrected chi connectivity index (χ0v) is 22.8. The monoisotopic (exact) mass is 537 g/mol. The fourth-order valence-corrected chi connectivity index (χ4v) is 5.64. The summed E-state index contributed by atoms with van der Waals surface area (Å²) in [6, 6.07) is 14.5. The molecule has 1 N–H and O–H groups in total. The van der Waals surface area contributed by atoms with Crippen LogP contribution in [0.1, 0.15) is 48.9 Å². The van der Waals surface area contributed by atoms with E-state index >= 15 is 0 Å². The molecule has 0 amide bonds. The van der Waals surface area contributed by atoms with E-state index in [1.165, 1.54) is 11.8 Å². The maximum absolute atomic E-state index is 11.4. The molecule has 0 atom stereocenters. The van der Waals surface area contributed by atoms with Gasteiger partial charge in [0.2, 0.25) is 10.0 Å². The predicted octanol–water partition coefficient (Wildman–Crippen LogP) is 4.71. The summed E-state index contributed by atoms with van der Waals surface area (Å²) in [6.45, 7) is 7.25. The number of nitrogens with zero attached hydrogens (tertiary/aromatic N) is 2. The predicted molar refractivity (Wildman–Crippen MR) is 142 cm³/mol. The Labute approximate surface area is 219 Å². The molecule has 0 radical (unpaired) electrons. The van der Waals surface area contributed by atoms with Crippen LogP contribution in [0.4, 0.5) is 0 Å².